The highest BCUT2D eigenvalue weighted by molar-refractivity contribution is 5.49. The van der Waals surface area contributed by atoms with Crippen molar-refractivity contribution in [1.29, 1.82) is 0 Å². The molecule has 4 aromatic rings. The van der Waals surface area contributed by atoms with Gasteiger partial charge in [-0.25, -0.2) is 4.79 Å². The van der Waals surface area contributed by atoms with Gasteiger partial charge in [0, 0.05) is 5.22 Å². The highest BCUT2D eigenvalue weighted by Crippen LogP contribution is 2.14. The summed E-state index contributed by atoms with van der Waals surface area (Å²) in [5, 5.41) is 1.94. The Hall–Kier alpha value is -3.79. The van der Waals surface area contributed by atoms with E-state index < -0.39 is 5.63 Å². The molecule has 4 rings (SSSR count). The number of hydrogen-bond acceptors (Lipinski definition) is 3. The third-order valence-corrected chi connectivity index (χ3v) is 4.36. The van der Waals surface area contributed by atoms with Crippen LogP contribution in [0.25, 0.3) is 12.7 Å². The average molecular weight is 369 g/mol. The van der Waals surface area contributed by atoms with Crippen LogP contribution in [-0.4, -0.2) is 4.98 Å². The fraction of sp³-hybridized carbons (Fsp3) is 0.0417. The average Bonchev–Trinajstić information content (AvgIpc) is 3.08. The van der Waals surface area contributed by atoms with Gasteiger partial charge in [0.15, 0.2) is 0 Å². The highest BCUT2D eigenvalue weighted by atomic mass is 16.5. The summed E-state index contributed by atoms with van der Waals surface area (Å²) in [6, 6.07) is 25.0. The second-order valence-corrected chi connectivity index (χ2v) is 6.40. The first kappa shape index (κ1) is 17.6. The molecule has 0 saturated carbocycles. The predicted molar refractivity (Wildman–Crippen MR) is 109 cm³/mol. The summed E-state index contributed by atoms with van der Waals surface area (Å²) in [7, 11) is 0. The Kier molecular flexibility index (Phi) is 4.93. The van der Waals surface area contributed by atoms with Crippen LogP contribution < -0.4 is 20.9 Å². The van der Waals surface area contributed by atoms with E-state index >= 15 is 0 Å². The van der Waals surface area contributed by atoms with Crippen LogP contribution in [0.1, 0.15) is 11.1 Å². The van der Waals surface area contributed by atoms with Crippen molar-refractivity contribution in [3.8, 4) is 5.75 Å². The monoisotopic (exact) mass is 369 g/mol. The second-order valence-electron chi connectivity index (χ2n) is 6.40. The standard InChI is InChI=1S/C24H19NO3/c1-17-7-5-6-10-21(17)23-25-22(24(26)28-23)15-18-11-13-20(14-12-18)27-16-19-8-3-2-4-9-19/h2-15,25H,1,16H2/b22-15-,23-21?. The molecule has 4 nitrogen and oxygen atoms in total. The third-order valence-electron chi connectivity index (χ3n) is 4.36. The van der Waals surface area contributed by atoms with E-state index in [9.17, 15) is 4.79 Å². The lowest BCUT2D eigenvalue weighted by molar-refractivity contribution is 0.306. The summed E-state index contributed by atoms with van der Waals surface area (Å²) < 4.78 is 11.1. The van der Waals surface area contributed by atoms with E-state index in [1.807, 2.05) is 78.9 Å². The Labute approximate surface area is 161 Å². The van der Waals surface area contributed by atoms with E-state index in [0.717, 1.165) is 27.3 Å². The van der Waals surface area contributed by atoms with Crippen LogP contribution in [0.15, 0.2) is 88.1 Å². The summed E-state index contributed by atoms with van der Waals surface area (Å²) in [6.07, 6.45) is 1.75. The number of hydrogen-bond donors (Lipinski definition) is 1. The van der Waals surface area contributed by atoms with Gasteiger partial charge in [-0.2, -0.15) is 0 Å². The minimum Gasteiger partial charge on any atom is -0.489 e. The zero-order chi connectivity index (χ0) is 19.3. The molecular formula is C24H19NO3. The van der Waals surface area contributed by atoms with Gasteiger partial charge < -0.3 is 14.1 Å². The summed E-state index contributed by atoms with van der Waals surface area (Å²) in [5.41, 5.74) is 1.98. The van der Waals surface area contributed by atoms with Crippen molar-refractivity contribution in [2.45, 2.75) is 6.61 Å². The first-order valence-electron chi connectivity index (χ1n) is 8.95. The van der Waals surface area contributed by atoms with Crippen LogP contribution in [-0.2, 0) is 6.61 Å². The molecule has 1 heterocycles. The Morgan fingerprint density at radius 3 is 2.39 bits per heavy atom. The van der Waals surface area contributed by atoms with E-state index in [-0.39, 0.29) is 0 Å². The van der Waals surface area contributed by atoms with Gasteiger partial charge in [0.05, 0.1) is 0 Å². The molecular weight excluding hydrogens is 350 g/mol. The zero-order valence-corrected chi connectivity index (χ0v) is 15.2. The van der Waals surface area contributed by atoms with Gasteiger partial charge in [0.25, 0.3) is 0 Å². The molecule has 0 aliphatic heterocycles. The molecule has 0 atom stereocenters. The van der Waals surface area contributed by atoms with Gasteiger partial charge in [-0.1, -0.05) is 67.2 Å². The molecule has 0 saturated heterocycles. The molecule has 3 aromatic carbocycles. The number of aromatic amines is 1. The molecule has 0 bridgehead atoms. The normalized spacial score (nSPS) is 12.8. The summed E-state index contributed by atoms with van der Waals surface area (Å²) >= 11 is 0. The summed E-state index contributed by atoms with van der Waals surface area (Å²) in [4.78, 5) is 15.2. The fourth-order valence-corrected chi connectivity index (χ4v) is 2.87. The number of oxazole rings is 1. The number of benzene rings is 3. The Morgan fingerprint density at radius 2 is 1.64 bits per heavy atom. The van der Waals surface area contributed by atoms with Crippen LogP contribution in [0.4, 0.5) is 0 Å². The van der Waals surface area contributed by atoms with E-state index in [1.165, 1.54) is 0 Å². The van der Waals surface area contributed by atoms with Crippen LogP contribution >= 0.6 is 0 Å². The van der Waals surface area contributed by atoms with Crippen LogP contribution in [0.5, 0.6) is 5.75 Å². The highest BCUT2D eigenvalue weighted by Gasteiger charge is 1.99. The van der Waals surface area contributed by atoms with E-state index in [2.05, 4.69) is 11.6 Å². The maximum Gasteiger partial charge on any atom is 0.361 e. The second kappa shape index (κ2) is 7.84. The van der Waals surface area contributed by atoms with Crippen LogP contribution in [0.3, 0.4) is 0 Å². The Balaban J connectivity index is 1.60. The van der Waals surface area contributed by atoms with Crippen molar-refractivity contribution in [2.24, 2.45) is 0 Å². The van der Waals surface area contributed by atoms with Gasteiger partial charge in [-0.15, -0.1) is 0 Å². The van der Waals surface area contributed by atoms with E-state index in [1.54, 1.807) is 6.08 Å². The third kappa shape index (κ3) is 3.96. The predicted octanol–water partition coefficient (Wildman–Crippen LogP) is 3.07. The largest absolute Gasteiger partial charge is 0.489 e. The molecule has 0 spiro atoms. The molecule has 1 N–H and O–H groups in total. The Bertz CT molecular complexity index is 1330. The molecule has 0 aliphatic carbocycles. The zero-order valence-electron chi connectivity index (χ0n) is 15.2. The van der Waals surface area contributed by atoms with Gasteiger partial charge in [0.1, 0.15) is 17.7 Å². The van der Waals surface area contributed by atoms with E-state index in [4.69, 9.17) is 9.15 Å². The number of aromatic nitrogens is 1. The number of nitrogens with one attached hydrogen (secondary N) is 1. The van der Waals surface area contributed by atoms with Crippen LogP contribution in [0, 0.1) is 10.8 Å². The quantitative estimate of drug-likeness (QED) is 0.602. The molecule has 1 aromatic heterocycles. The maximum absolute atomic E-state index is 12.2. The molecule has 0 radical (unpaired) electrons. The minimum absolute atomic E-state index is 0.385. The van der Waals surface area contributed by atoms with Gasteiger partial charge >= 0.3 is 5.63 Å². The van der Waals surface area contributed by atoms with Crippen LogP contribution in [0.2, 0.25) is 0 Å². The number of ether oxygens (including phenoxy) is 1. The summed E-state index contributed by atoms with van der Waals surface area (Å²) in [6.45, 7) is 4.47. The van der Waals surface area contributed by atoms with Crippen molar-refractivity contribution >= 4 is 12.7 Å². The lowest BCUT2D eigenvalue weighted by Gasteiger charge is -2.06. The van der Waals surface area contributed by atoms with Crippen molar-refractivity contribution in [3.05, 3.63) is 122 Å². The van der Waals surface area contributed by atoms with Gasteiger partial charge in [0.2, 0.25) is 5.55 Å². The van der Waals surface area contributed by atoms with Crippen molar-refractivity contribution in [1.82, 2.24) is 4.98 Å². The van der Waals surface area contributed by atoms with E-state index in [0.29, 0.717) is 17.5 Å². The van der Waals surface area contributed by atoms with Crippen molar-refractivity contribution in [2.75, 3.05) is 0 Å². The topological polar surface area (TPSA) is 55.2 Å². The maximum atomic E-state index is 12.2. The molecule has 0 amide bonds. The molecule has 28 heavy (non-hydrogen) atoms. The first-order valence-corrected chi connectivity index (χ1v) is 8.95. The smallest absolute Gasteiger partial charge is 0.361 e. The van der Waals surface area contributed by atoms with Gasteiger partial charge in [-0.05, 0) is 40.6 Å². The number of rotatable bonds is 4. The molecule has 0 unspecified atom stereocenters. The summed E-state index contributed by atoms with van der Waals surface area (Å²) in [5.74, 6) is 0.770. The van der Waals surface area contributed by atoms with Crippen molar-refractivity contribution < 1.29 is 9.15 Å². The van der Waals surface area contributed by atoms with Crippen molar-refractivity contribution in [3.63, 3.8) is 0 Å². The first-order chi connectivity index (χ1) is 13.7. The number of H-pyrrole nitrogens is 1. The van der Waals surface area contributed by atoms with Gasteiger partial charge in [-0.3, -0.25) is 0 Å². The molecule has 0 fully saturated rings. The lowest BCUT2D eigenvalue weighted by atomic mass is 10.2. The molecule has 138 valence electrons. The SMILES string of the molecule is C=c1ccccc1=c1[nH]/c(=C\c2ccc(OCc3ccccc3)cc2)c(=O)o1. The minimum atomic E-state index is -0.414. The fourth-order valence-electron chi connectivity index (χ4n) is 2.87. The molecule has 4 heteroatoms. The Morgan fingerprint density at radius 1 is 0.929 bits per heavy atom. The lowest BCUT2D eigenvalue weighted by Crippen LogP contribution is -2.20. The molecule has 0 aliphatic rings.